The lowest BCUT2D eigenvalue weighted by molar-refractivity contribution is 1.15. The molecule has 0 aliphatic heterocycles. The van der Waals surface area contributed by atoms with Crippen LogP contribution in [-0.4, -0.2) is 0 Å². The zero-order valence-electron chi connectivity index (χ0n) is 9.40. The maximum atomic E-state index is 2.32. The highest BCUT2D eigenvalue weighted by molar-refractivity contribution is 6.07. The minimum atomic E-state index is 1.10. The van der Waals surface area contributed by atoms with E-state index in [1.807, 2.05) is 0 Å². The first-order valence-corrected chi connectivity index (χ1v) is 5.79. The van der Waals surface area contributed by atoms with E-state index in [0.717, 1.165) is 6.42 Å². The molecule has 0 unspecified atom stereocenters. The summed E-state index contributed by atoms with van der Waals surface area (Å²) in [5.74, 6) is 0. The highest BCUT2D eigenvalue weighted by atomic mass is 14.0. The van der Waals surface area contributed by atoms with Crippen LogP contribution in [0.25, 0.3) is 21.5 Å². The third-order valence-corrected chi connectivity index (χ3v) is 3.22. The second-order valence-corrected chi connectivity index (χ2v) is 4.20. The van der Waals surface area contributed by atoms with E-state index in [9.17, 15) is 0 Å². The van der Waals surface area contributed by atoms with Crippen molar-refractivity contribution in [2.75, 3.05) is 0 Å². The van der Waals surface area contributed by atoms with Crippen molar-refractivity contribution in [3.8, 4) is 0 Å². The molecule has 3 rings (SSSR count). The Morgan fingerprint density at radius 1 is 0.750 bits per heavy atom. The molecular weight excluding hydrogens is 192 g/mol. The van der Waals surface area contributed by atoms with Gasteiger partial charge in [-0.15, -0.1) is 0 Å². The zero-order valence-corrected chi connectivity index (χ0v) is 9.40. The fourth-order valence-electron chi connectivity index (χ4n) is 2.27. The molecule has 0 saturated carbocycles. The number of fused-ring (bicyclic) bond motifs is 3. The Labute approximate surface area is 95.5 Å². The van der Waals surface area contributed by atoms with E-state index in [0.29, 0.717) is 0 Å². The average Bonchev–Trinajstić information content (AvgIpc) is 2.38. The van der Waals surface area contributed by atoms with Crippen LogP contribution in [0.5, 0.6) is 0 Å². The fraction of sp³-hybridized carbons (Fsp3) is 0.125. The minimum Gasteiger partial charge on any atom is -0.0616 e. The maximum absolute atomic E-state index is 2.32. The molecule has 0 heterocycles. The molecule has 0 spiro atoms. The molecular formula is C16H14. The highest BCUT2D eigenvalue weighted by Gasteiger charge is 2.00. The van der Waals surface area contributed by atoms with Crippen molar-refractivity contribution in [1.29, 1.82) is 0 Å². The van der Waals surface area contributed by atoms with Gasteiger partial charge in [0.1, 0.15) is 0 Å². The van der Waals surface area contributed by atoms with E-state index in [1.54, 1.807) is 0 Å². The minimum absolute atomic E-state index is 1.10. The van der Waals surface area contributed by atoms with Crippen LogP contribution in [0, 0.1) is 0 Å². The van der Waals surface area contributed by atoms with Gasteiger partial charge in [-0.2, -0.15) is 0 Å². The molecule has 3 aromatic carbocycles. The molecule has 0 bridgehead atoms. The van der Waals surface area contributed by atoms with Crippen molar-refractivity contribution >= 4 is 21.5 Å². The first-order valence-electron chi connectivity index (χ1n) is 5.79. The van der Waals surface area contributed by atoms with Crippen molar-refractivity contribution < 1.29 is 0 Å². The summed E-state index contributed by atoms with van der Waals surface area (Å²) < 4.78 is 0. The molecule has 0 aliphatic rings. The number of hydrogen-bond acceptors (Lipinski definition) is 0. The van der Waals surface area contributed by atoms with Gasteiger partial charge in [0, 0.05) is 0 Å². The van der Waals surface area contributed by atoms with Crippen LogP contribution in [0.1, 0.15) is 12.5 Å². The number of rotatable bonds is 1. The van der Waals surface area contributed by atoms with Crippen molar-refractivity contribution in [3.63, 3.8) is 0 Å². The molecule has 0 N–H and O–H groups in total. The van der Waals surface area contributed by atoms with Gasteiger partial charge in [0.05, 0.1) is 0 Å². The van der Waals surface area contributed by atoms with Crippen LogP contribution in [0.15, 0.2) is 54.6 Å². The number of benzene rings is 3. The highest BCUT2D eigenvalue weighted by Crippen LogP contribution is 2.26. The molecule has 0 aliphatic carbocycles. The van der Waals surface area contributed by atoms with Gasteiger partial charge >= 0.3 is 0 Å². The fourth-order valence-corrected chi connectivity index (χ4v) is 2.27. The zero-order chi connectivity index (χ0) is 11.0. The molecule has 0 atom stereocenters. The van der Waals surface area contributed by atoms with Crippen LogP contribution in [0.4, 0.5) is 0 Å². The van der Waals surface area contributed by atoms with Gasteiger partial charge < -0.3 is 0 Å². The average molecular weight is 206 g/mol. The van der Waals surface area contributed by atoms with Gasteiger partial charge in [-0.05, 0) is 33.5 Å². The third kappa shape index (κ3) is 1.38. The maximum Gasteiger partial charge on any atom is -0.0103 e. The van der Waals surface area contributed by atoms with Gasteiger partial charge in [0.15, 0.2) is 0 Å². The Balaban J connectivity index is 2.47. The summed E-state index contributed by atoms with van der Waals surface area (Å²) in [5.41, 5.74) is 1.41. The van der Waals surface area contributed by atoms with Crippen molar-refractivity contribution in [2.24, 2.45) is 0 Å². The van der Waals surface area contributed by atoms with E-state index in [4.69, 9.17) is 0 Å². The molecule has 0 amide bonds. The lowest BCUT2D eigenvalue weighted by atomic mass is 9.99. The van der Waals surface area contributed by atoms with E-state index in [-0.39, 0.29) is 0 Å². The molecule has 78 valence electrons. The largest absolute Gasteiger partial charge is 0.0616 e. The van der Waals surface area contributed by atoms with Gasteiger partial charge in [-0.3, -0.25) is 0 Å². The Morgan fingerprint density at radius 2 is 1.44 bits per heavy atom. The smallest absolute Gasteiger partial charge is 0.0103 e. The Morgan fingerprint density at radius 3 is 2.25 bits per heavy atom. The topological polar surface area (TPSA) is 0 Å². The third-order valence-electron chi connectivity index (χ3n) is 3.22. The predicted molar refractivity (Wildman–Crippen MR) is 70.8 cm³/mol. The summed E-state index contributed by atoms with van der Waals surface area (Å²) in [6.07, 6.45) is 1.10. The van der Waals surface area contributed by atoms with Crippen molar-refractivity contribution in [1.82, 2.24) is 0 Å². The molecule has 0 heteroatoms. The second-order valence-electron chi connectivity index (χ2n) is 4.20. The number of aryl methyl sites for hydroxylation is 1. The van der Waals surface area contributed by atoms with Gasteiger partial charge in [-0.1, -0.05) is 61.5 Å². The van der Waals surface area contributed by atoms with Crippen LogP contribution in [0.2, 0.25) is 0 Å². The molecule has 0 radical (unpaired) electrons. The summed E-state index contributed by atoms with van der Waals surface area (Å²) in [6.45, 7) is 2.20. The van der Waals surface area contributed by atoms with Crippen molar-refractivity contribution in [3.05, 3.63) is 60.2 Å². The Bertz CT molecular complexity index is 650. The lowest BCUT2D eigenvalue weighted by Crippen LogP contribution is -1.82. The molecule has 3 aromatic rings. The van der Waals surface area contributed by atoms with Crippen LogP contribution >= 0.6 is 0 Å². The predicted octanol–water partition coefficient (Wildman–Crippen LogP) is 4.56. The van der Waals surface area contributed by atoms with E-state index in [2.05, 4.69) is 61.5 Å². The first-order chi connectivity index (χ1) is 7.88. The molecule has 0 saturated heterocycles. The van der Waals surface area contributed by atoms with E-state index in [1.165, 1.54) is 27.1 Å². The van der Waals surface area contributed by atoms with Crippen LogP contribution in [-0.2, 0) is 6.42 Å². The molecule has 0 nitrogen and oxygen atoms in total. The SMILES string of the molecule is CCc1ccc2ccc3ccccc3c2c1. The Hall–Kier alpha value is -1.82. The summed E-state index contributed by atoms with van der Waals surface area (Å²) in [5, 5.41) is 5.38. The summed E-state index contributed by atoms with van der Waals surface area (Å²) in [4.78, 5) is 0. The monoisotopic (exact) mass is 206 g/mol. The number of hydrogen-bond donors (Lipinski definition) is 0. The summed E-state index contributed by atoms with van der Waals surface area (Å²) >= 11 is 0. The van der Waals surface area contributed by atoms with E-state index < -0.39 is 0 Å². The van der Waals surface area contributed by atoms with Gasteiger partial charge in [0.25, 0.3) is 0 Å². The standard InChI is InChI=1S/C16H14/c1-2-12-7-8-14-10-9-13-5-3-4-6-15(13)16(14)11-12/h3-11H,2H2,1H3. The Kier molecular flexibility index (Phi) is 2.14. The summed E-state index contributed by atoms with van der Waals surface area (Å²) in [7, 11) is 0. The van der Waals surface area contributed by atoms with Crippen LogP contribution in [0.3, 0.4) is 0 Å². The van der Waals surface area contributed by atoms with Crippen molar-refractivity contribution in [2.45, 2.75) is 13.3 Å². The molecule has 0 aromatic heterocycles. The normalized spacial score (nSPS) is 11.1. The van der Waals surface area contributed by atoms with Gasteiger partial charge in [0.2, 0.25) is 0 Å². The second kappa shape index (κ2) is 3.64. The first kappa shape index (κ1) is 9.41. The van der Waals surface area contributed by atoms with Crippen LogP contribution < -0.4 is 0 Å². The lowest BCUT2D eigenvalue weighted by Gasteiger charge is -2.05. The van der Waals surface area contributed by atoms with E-state index >= 15 is 0 Å². The quantitative estimate of drug-likeness (QED) is 0.512. The van der Waals surface area contributed by atoms with Gasteiger partial charge in [-0.25, -0.2) is 0 Å². The molecule has 0 fully saturated rings. The molecule has 16 heavy (non-hydrogen) atoms. The summed E-state index contributed by atoms with van der Waals surface area (Å²) in [6, 6.07) is 19.7.